The summed E-state index contributed by atoms with van der Waals surface area (Å²) in [5, 5.41) is 0.901. The summed E-state index contributed by atoms with van der Waals surface area (Å²) in [5.74, 6) is 1.97. The maximum atomic E-state index is 13.3. The van der Waals surface area contributed by atoms with Gasteiger partial charge in [-0.1, -0.05) is 23.9 Å². The molecule has 0 aliphatic rings. The van der Waals surface area contributed by atoms with Crippen molar-refractivity contribution in [1.82, 2.24) is 9.55 Å². The monoisotopic (exact) mass is 466 g/mol. The third-order valence-electron chi connectivity index (χ3n) is 4.88. The van der Waals surface area contributed by atoms with Crippen LogP contribution in [0.2, 0.25) is 0 Å². The maximum absolute atomic E-state index is 13.3. The summed E-state index contributed by atoms with van der Waals surface area (Å²) in [6.07, 6.45) is 1.56. The Labute approximate surface area is 194 Å². The first-order valence-electron chi connectivity index (χ1n) is 10.1. The summed E-state index contributed by atoms with van der Waals surface area (Å²) >= 11 is 1.38. The number of fused-ring (bicyclic) bond motifs is 1. The Bertz CT molecular complexity index is 1320. The number of methoxy groups -OCH3 is 2. The minimum absolute atomic E-state index is 0.221. The molecular weight excluding hydrogens is 444 g/mol. The van der Waals surface area contributed by atoms with Crippen LogP contribution < -0.4 is 15.0 Å². The van der Waals surface area contributed by atoms with E-state index < -0.39 is 5.97 Å². The number of thioether (sulfide) groups is 1. The first-order chi connectivity index (χ1) is 16.1. The van der Waals surface area contributed by atoms with Gasteiger partial charge in [0.15, 0.2) is 16.7 Å². The fraction of sp³-hybridized carbons (Fsp3) is 0.208. The van der Waals surface area contributed by atoms with Crippen LogP contribution in [0.5, 0.6) is 11.5 Å². The molecule has 0 saturated heterocycles. The molecule has 4 aromatic rings. The van der Waals surface area contributed by atoms with Crippen molar-refractivity contribution in [3.05, 3.63) is 82.5 Å². The number of carbonyl (C=O) groups is 1. The lowest BCUT2D eigenvalue weighted by molar-refractivity contribution is 0.0601. The van der Waals surface area contributed by atoms with Crippen molar-refractivity contribution in [2.45, 2.75) is 11.7 Å². The molecule has 0 bridgehead atoms. The fourth-order valence-electron chi connectivity index (χ4n) is 3.28. The van der Waals surface area contributed by atoms with Crippen molar-refractivity contribution in [2.24, 2.45) is 0 Å². The average molecular weight is 467 g/mol. The first-order valence-corrected chi connectivity index (χ1v) is 11.1. The van der Waals surface area contributed by atoms with Crippen LogP contribution in [-0.4, -0.2) is 42.1 Å². The Morgan fingerprint density at radius 3 is 2.64 bits per heavy atom. The molecule has 0 saturated carbocycles. The van der Waals surface area contributed by atoms with Gasteiger partial charge in [-0.25, -0.2) is 9.78 Å². The zero-order valence-corrected chi connectivity index (χ0v) is 19.0. The molecule has 0 spiro atoms. The van der Waals surface area contributed by atoms with E-state index in [0.717, 1.165) is 0 Å². The maximum Gasteiger partial charge on any atom is 0.337 e. The smallest absolute Gasteiger partial charge is 0.337 e. The van der Waals surface area contributed by atoms with Gasteiger partial charge in [0, 0.05) is 5.75 Å². The third-order valence-corrected chi connectivity index (χ3v) is 5.82. The Morgan fingerprint density at radius 1 is 1.09 bits per heavy atom. The van der Waals surface area contributed by atoms with E-state index in [9.17, 15) is 9.59 Å². The molecule has 8 nitrogen and oxygen atoms in total. The molecule has 4 rings (SSSR count). The highest BCUT2D eigenvalue weighted by molar-refractivity contribution is 7.99. The van der Waals surface area contributed by atoms with Crippen LogP contribution in [0.4, 0.5) is 0 Å². The molecule has 170 valence electrons. The fourth-order valence-corrected chi connectivity index (χ4v) is 4.09. The molecule has 0 N–H and O–H groups in total. The lowest BCUT2D eigenvalue weighted by Crippen LogP contribution is -2.24. The number of furan rings is 1. The second kappa shape index (κ2) is 10.3. The van der Waals surface area contributed by atoms with E-state index in [1.807, 2.05) is 24.3 Å². The number of carbonyl (C=O) groups excluding carboxylic acids is 1. The number of nitrogens with zero attached hydrogens (tertiary/aromatic N) is 2. The average Bonchev–Trinajstić information content (AvgIpc) is 3.36. The van der Waals surface area contributed by atoms with Gasteiger partial charge < -0.3 is 18.6 Å². The summed E-state index contributed by atoms with van der Waals surface area (Å²) < 4.78 is 22.9. The molecule has 2 aromatic heterocycles. The van der Waals surface area contributed by atoms with Crippen molar-refractivity contribution < 1.29 is 23.4 Å². The zero-order chi connectivity index (χ0) is 23.2. The normalized spacial score (nSPS) is 10.8. The van der Waals surface area contributed by atoms with E-state index in [2.05, 4.69) is 4.98 Å². The van der Waals surface area contributed by atoms with Gasteiger partial charge in [-0.15, -0.1) is 0 Å². The van der Waals surface area contributed by atoms with Crippen LogP contribution in [0, 0.1) is 0 Å². The van der Waals surface area contributed by atoms with Gasteiger partial charge in [0.25, 0.3) is 5.56 Å². The van der Waals surface area contributed by atoms with Crippen LogP contribution in [0.25, 0.3) is 10.9 Å². The van der Waals surface area contributed by atoms with E-state index in [1.165, 1.54) is 18.9 Å². The number of esters is 1. The number of hydrogen-bond acceptors (Lipinski definition) is 8. The molecule has 0 atom stereocenters. The Kier molecular flexibility index (Phi) is 6.99. The Balaban J connectivity index is 1.61. The second-order valence-corrected chi connectivity index (χ2v) is 8.00. The predicted molar refractivity (Wildman–Crippen MR) is 124 cm³/mol. The van der Waals surface area contributed by atoms with Crippen molar-refractivity contribution in [3.63, 3.8) is 0 Å². The molecule has 2 aromatic carbocycles. The zero-order valence-electron chi connectivity index (χ0n) is 18.1. The molecule has 0 amide bonds. The second-order valence-electron chi connectivity index (χ2n) is 6.94. The number of para-hydroxylation sites is 2. The summed E-state index contributed by atoms with van der Waals surface area (Å²) in [6.45, 7) is 0.616. The number of ether oxygens (including phenoxy) is 3. The van der Waals surface area contributed by atoms with Crippen LogP contribution in [0.3, 0.4) is 0 Å². The van der Waals surface area contributed by atoms with Crippen molar-refractivity contribution in [3.8, 4) is 11.5 Å². The number of hydrogen-bond donors (Lipinski definition) is 0. The topological polar surface area (TPSA) is 92.8 Å². The van der Waals surface area contributed by atoms with Crippen molar-refractivity contribution >= 4 is 28.6 Å². The van der Waals surface area contributed by atoms with E-state index in [1.54, 1.807) is 48.3 Å². The molecule has 2 heterocycles. The minimum Gasteiger partial charge on any atom is -0.493 e. The number of rotatable bonds is 9. The molecular formula is C24H22N2O6S. The highest BCUT2D eigenvalue weighted by Crippen LogP contribution is 2.26. The minimum atomic E-state index is -0.488. The molecule has 0 fully saturated rings. The first kappa shape index (κ1) is 22.5. The van der Waals surface area contributed by atoms with E-state index in [-0.39, 0.29) is 12.1 Å². The largest absolute Gasteiger partial charge is 0.493 e. The predicted octanol–water partition coefficient (Wildman–Crippen LogP) is 4.00. The van der Waals surface area contributed by atoms with Gasteiger partial charge in [-0.3, -0.25) is 9.36 Å². The summed E-state index contributed by atoms with van der Waals surface area (Å²) in [7, 11) is 2.90. The lowest BCUT2D eigenvalue weighted by atomic mass is 10.1. The number of benzene rings is 2. The standard InChI is InChI=1S/C24H22N2O6S/c1-29-20-7-3-4-8-21(20)32-12-13-33-24-25-19-14-16(23(28)30-2)9-10-18(19)22(27)26(24)15-17-6-5-11-31-17/h3-11,14H,12-13,15H2,1-2H3. The summed E-state index contributed by atoms with van der Waals surface area (Å²) in [6, 6.07) is 15.7. The number of aromatic nitrogens is 2. The van der Waals surface area contributed by atoms with Crippen molar-refractivity contribution in [1.29, 1.82) is 0 Å². The molecule has 0 aliphatic carbocycles. The van der Waals surface area contributed by atoms with Gasteiger partial charge in [-0.05, 0) is 42.5 Å². The van der Waals surface area contributed by atoms with E-state index >= 15 is 0 Å². The Morgan fingerprint density at radius 2 is 1.91 bits per heavy atom. The summed E-state index contributed by atoms with van der Waals surface area (Å²) in [4.78, 5) is 29.9. The van der Waals surface area contributed by atoms with Crippen LogP contribution in [0.1, 0.15) is 16.1 Å². The Hall–Kier alpha value is -3.72. The summed E-state index contributed by atoms with van der Waals surface area (Å²) in [5.41, 5.74) is 0.531. The molecule has 0 radical (unpaired) electrons. The van der Waals surface area contributed by atoms with Gasteiger partial charge in [-0.2, -0.15) is 0 Å². The highest BCUT2D eigenvalue weighted by Gasteiger charge is 2.16. The molecule has 0 unspecified atom stereocenters. The van der Waals surface area contributed by atoms with Crippen LogP contribution >= 0.6 is 11.8 Å². The third kappa shape index (κ3) is 5.04. The molecule has 9 heteroatoms. The van der Waals surface area contributed by atoms with Gasteiger partial charge in [0.05, 0.1) is 50.1 Å². The SMILES string of the molecule is COC(=O)c1ccc2c(=O)n(Cc3ccco3)c(SCCOc3ccccc3OC)nc2c1. The van der Waals surface area contributed by atoms with Crippen molar-refractivity contribution in [2.75, 3.05) is 26.6 Å². The molecule has 33 heavy (non-hydrogen) atoms. The van der Waals surface area contributed by atoms with Crippen LogP contribution in [-0.2, 0) is 11.3 Å². The quantitative estimate of drug-likeness (QED) is 0.158. The lowest BCUT2D eigenvalue weighted by Gasteiger charge is -2.13. The van der Waals surface area contributed by atoms with Crippen LogP contribution in [0.15, 0.2) is 75.2 Å². The van der Waals surface area contributed by atoms with E-state index in [4.69, 9.17) is 18.6 Å². The van der Waals surface area contributed by atoms with Gasteiger partial charge >= 0.3 is 5.97 Å². The van der Waals surface area contributed by atoms with Gasteiger partial charge in [0.2, 0.25) is 0 Å². The van der Waals surface area contributed by atoms with Gasteiger partial charge in [0.1, 0.15) is 5.76 Å². The highest BCUT2D eigenvalue weighted by atomic mass is 32.2. The van der Waals surface area contributed by atoms with E-state index in [0.29, 0.717) is 51.2 Å². The molecule has 0 aliphatic heterocycles.